The largest absolute Gasteiger partial charge is 0.504 e. The normalized spacial score (nSPS) is 27.2. The van der Waals surface area contributed by atoms with Crippen LogP contribution in [-0.2, 0) is 16.6 Å². The molecule has 0 spiro atoms. The number of allylic oxidation sites excluding steroid dienone is 2. The smallest absolute Gasteiger partial charge is 0.219 e. The molecule has 5 nitrogen and oxygen atoms in total. The molecule has 2 bridgehead atoms. The standard InChI is InChI=1S/C21H25NO4/c1-4-8-22-9-7-21-12-17(24)16(23)11-14(21)15(22)10-13-5-6-18(25-2)20(26-3)19(13)21/h5-6,11-12,15,24H,4,7-10H2,1-3H3. The molecular weight excluding hydrogens is 330 g/mol. The second kappa shape index (κ2) is 6.16. The molecule has 0 saturated carbocycles. The van der Waals surface area contributed by atoms with Crippen LogP contribution in [0.1, 0.15) is 30.9 Å². The molecule has 26 heavy (non-hydrogen) atoms. The predicted octanol–water partition coefficient (Wildman–Crippen LogP) is 2.93. The molecule has 4 rings (SSSR count). The molecule has 1 saturated heterocycles. The number of benzene rings is 1. The Kier molecular flexibility index (Phi) is 4.07. The van der Waals surface area contributed by atoms with Crippen molar-refractivity contribution < 1.29 is 19.4 Å². The van der Waals surface area contributed by atoms with E-state index in [1.807, 2.05) is 6.07 Å². The van der Waals surface area contributed by atoms with E-state index >= 15 is 0 Å². The van der Waals surface area contributed by atoms with E-state index in [4.69, 9.17) is 9.47 Å². The number of fused-ring (bicyclic) bond motifs is 1. The summed E-state index contributed by atoms with van der Waals surface area (Å²) in [7, 11) is 3.28. The molecule has 1 aromatic rings. The zero-order chi connectivity index (χ0) is 18.5. The minimum Gasteiger partial charge on any atom is -0.504 e. The SMILES string of the molecule is CCCN1CCC23C=C(O)C(=O)C=C2C1Cc1ccc(OC)c(OC)c13. The third kappa shape index (κ3) is 2.23. The third-order valence-corrected chi connectivity index (χ3v) is 6.03. The fourth-order valence-electron chi connectivity index (χ4n) is 4.98. The Hall–Kier alpha value is -2.27. The Morgan fingerprint density at radius 1 is 1.31 bits per heavy atom. The molecule has 1 aliphatic heterocycles. The number of piperidine rings is 1. The van der Waals surface area contributed by atoms with Gasteiger partial charge in [-0.15, -0.1) is 0 Å². The van der Waals surface area contributed by atoms with Crippen LogP contribution in [0, 0.1) is 0 Å². The van der Waals surface area contributed by atoms with Crippen molar-refractivity contribution in [3.8, 4) is 11.5 Å². The number of carbonyl (C=O) groups is 1. The summed E-state index contributed by atoms with van der Waals surface area (Å²) in [6.07, 6.45) is 6.13. The number of nitrogens with zero attached hydrogens (tertiary/aromatic N) is 1. The van der Waals surface area contributed by atoms with E-state index in [1.54, 1.807) is 26.4 Å². The fourth-order valence-corrected chi connectivity index (χ4v) is 4.98. The maximum atomic E-state index is 12.3. The maximum Gasteiger partial charge on any atom is 0.219 e. The van der Waals surface area contributed by atoms with Gasteiger partial charge in [0.15, 0.2) is 17.3 Å². The van der Waals surface area contributed by atoms with Crippen LogP contribution in [0.5, 0.6) is 11.5 Å². The van der Waals surface area contributed by atoms with Crippen LogP contribution in [0.2, 0.25) is 0 Å². The molecule has 0 aromatic heterocycles. The molecule has 138 valence electrons. The van der Waals surface area contributed by atoms with Gasteiger partial charge in [-0.2, -0.15) is 0 Å². The van der Waals surface area contributed by atoms with Gasteiger partial charge in [0.1, 0.15) is 0 Å². The monoisotopic (exact) mass is 355 g/mol. The lowest BCUT2D eigenvalue weighted by molar-refractivity contribution is -0.114. The van der Waals surface area contributed by atoms with Crippen LogP contribution in [-0.4, -0.2) is 49.1 Å². The first-order valence-electron chi connectivity index (χ1n) is 9.22. The van der Waals surface area contributed by atoms with E-state index in [0.29, 0.717) is 11.5 Å². The Morgan fingerprint density at radius 3 is 2.81 bits per heavy atom. The third-order valence-electron chi connectivity index (χ3n) is 6.03. The summed E-state index contributed by atoms with van der Waals surface area (Å²) < 4.78 is 11.3. The van der Waals surface area contributed by atoms with Gasteiger partial charge in [-0.05, 0) is 55.2 Å². The molecule has 0 amide bonds. The number of rotatable bonds is 4. The molecule has 1 fully saturated rings. The Labute approximate surface area is 153 Å². The number of likely N-dealkylation sites (tertiary alicyclic amines) is 1. The van der Waals surface area contributed by atoms with Gasteiger partial charge < -0.3 is 14.6 Å². The molecule has 2 aliphatic carbocycles. The minimum atomic E-state index is -0.500. The van der Waals surface area contributed by atoms with Gasteiger partial charge in [0.2, 0.25) is 5.78 Å². The Bertz CT molecular complexity index is 826. The molecule has 3 aliphatic rings. The molecular formula is C21H25NO4. The number of hydrogen-bond donors (Lipinski definition) is 1. The quantitative estimate of drug-likeness (QED) is 0.900. The van der Waals surface area contributed by atoms with Crippen molar-refractivity contribution in [3.05, 3.63) is 46.7 Å². The molecule has 1 N–H and O–H groups in total. The van der Waals surface area contributed by atoms with Crippen LogP contribution < -0.4 is 9.47 Å². The Balaban J connectivity index is 1.98. The topological polar surface area (TPSA) is 59.0 Å². The molecule has 2 atom stereocenters. The van der Waals surface area contributed by atoms with Crippen LogP contribution in [0.25, 0.3) is 0 Å². The van der Waals surface area contributed by atoms with Crippen molar-refractivity contribution >= 4 is 5.78 Å². The first kappa shape index (κ1) is 17.2. The van der Waals surface area contributed by atoms with E-state index in [1.165, 1.54) is 5.56 Å². The lowest BCUT2D eigenvalue weighted by Crippen LogP contribution is -2.56. The maximum absolute atomic E-state index is 12.3. The van der Waals surface area contributed by atoms with E-state index in [9.17, 15) is 9.90 Å². The van der Waals surface area contributed by atoms with Crippen molar-refractivity contribution in [2.24, 2.45) is 0 Å². The van der Waals surface area contributed by atoms with E-state index in [2.05, 4.69) is 17.9 Å². The molecule has 0 radical (unpaired) electrons. The zero-order valence-electron chi connectivity index (χ0n) is 15.5. The zero-order valence-corrected chi connectivity index (χ0v) is 15.5. The van der Waals surface area contributed by atoms with Gasteiger partial charge in [0, 0.05) is 23.6 Å². The summed E-state index contributed by atoms with van der Waals surface area (Å²) >= 11 is 0. The lowest BCUT2D eigenvalue weighted by Gasteiger charge is -2.53. The van der Waals surface area contributed by atoms with Crippen LogP contribution in [0.15, 0.2) is 35.6 Å². The van der Waals surface area contributed by atoms with Crippen LogP contribution in [0.3, 0.4) is 0 Å². The summed E-state index contributed by atoms with van der Waals surface area (Å²) in [6.45, 7) is 4.11. The highest BCUT2D eigenvalue weighted by Gasteiger charge is 2.52. The molecule has 1 aromatic carbocycles. The number of ketones is 1. The van der Waals surface area contributed by atoms with Crippen molar-refractivity contribution in [2.75, 3.05) is 27.3 Å². The van der Waals surface area contributed by atoms with Gasteiger partial charge in [0.25, 0.3) is 0 Å². The number of aliphatic hydroxyl groups excluding tert-OH is 1. The Morgan fingerprint density at radius 2 is 2.12 bits per heavy atom. The van der Waals surface area contributed by atoms with Crippen molar-refractivity contribution in [2.45, 2.75) is 37.6 Å². The highest BCUT2D eigenvalue weighted by atomic mass is 16.5. The first-order valence-corrected chi connectivity index (χ1v) is 9.22. The second-order valence-electron chi connectivity index (χ2n) is 7.31. The molecule has 5 heteroatoms. The van der Waals surface area contributed by atoms with Gasteiger partial charge in [-0.25, -0.2) is 0 Å². The van der Waals surface area contributed by atoms with Crippen molar-refractivity contribution in [1.29, 1.82) is 0 Å². The summed E-state index contributed by atoms with van der Waals surface area (Å²) in [4.78, 5) is 14.7. The van der Waals surface area contributed by atoms with Gasteiger partial charge in [0.05, 0.1) is 14.2 Å². The van der Waals surface area contributed by atoms with Gasteiger partial charge in [-0.1, -0.05) is 13.0 Å². The van der Waals surface area contributed by atoms with E-state index < -0.39 is 5.41 Å². The molecule has 2 unspecified atom stereocenters. The fraction of sp³-hybridized carbons (Fsp3) is 0.476. The summed E-state index contributed by atoms with van der Waals surface area (Å²) in [5.41, 5.74) is 2.82. The summed E-state index contributed by atoms with van der Waals surface area (Å²) in [6, 6.07) is 4.22. The van der Waals surface area contributed by atoms with E-state index in [0.717, 1.165) is 43.5 Å². The predicted molar refractivity (Wildman–Crippen MR) is 99.0 cm³/mol. The lowest BCUT2D eigenvalue weighted by atomic mass is 9.58. The average Bonchev–Trinajstić information content (AvgIpc) is 2.64. The highest BCUT2D eigenvalue weighted by Crippen LogP contribution is 2.56. The number of methoxy groups -OCH3 is 2. The highest BCUT2D eigenvalue weighted by molar-refractivity contribution is 6.05. The van der Waals surface area contributed by atoms with Gasteiger partial charge in [-0.3, -0.25) is 9.69 Å². The minimum absolute atomic E-state index is 0.172. The number of aliphatic hydroxyl groups is 1. The van der Waals surface area contributed by atoms with Crippen LogP contribution >= 0.6 is 0 Å². The van der Waals surface area contributed by atoms with Crippen molar-refractivity contribution in [1.82, 2.24) is 4.90 Å². The molecule has 1 heterocycles. The van der Waals surface area contributed by atoms with Crippen molar-refractivity contribution in [3.63, 3.8) is 0 Å². The number of hydrogen-bond acceptors (Lipinski definition) is 5. The average molecular weight is 355 g/mol. The summed E-state index contributed by atoms with van der Waals surface area (Å²) in [5.74, 6) is 0.911. The summed E-state index contributed by atoms with van der Waals surface area (Å²) in [5, 5.41) is 10.3. The first-order chi connectivity index (χ1) is 12.6. The number of ether oxygens (including phenoxy) is 2. The van der Waals surface area contributed by atoms with Gasteiger partial charge >= 0.3 is 0 Å². The van der Waals surface area contributed by atoms with Crippen LogP contribution in [0.4, 0.5) is 0 Å². The van der Waals surface area contributed by atoms with E-state index in [-0.39, 0.29) is 17.6 Å². The second-order valence-corrected chi connectivity index (χ2v) is 7.31. The number of carbonyl (C=O) groups excluding carboxylic acids is 1.